The number of amides is 1. The normalized spacial score (nSPS) is 11.7. The van der Waals surface area contributed by atoms with Crippen LogP contribution in [0.5, 0.6) is 5.75 Å². The molecule has 1 amide bonds. The first-order chi connectivity index (χ1) is 9.65. The minimum absolute atomic E-state index is 0.230. The number of benzene rings is 2. The minimum atomic E-state index is -0.566. The van der Waals surface area contributed by atoms with Crippen molar-refractivity contribution in [2.75, 3.05) is 5.32 Å². The van der Waals surface area contributed by atoms with E-state index < -0.39 is 5.38 Å². The molecule has 3 nitrogen and oxygen atoms in total. The van der Waals surface area contributed by atoms with E-state index in [-0.39, 0.29) is 5.91 Å². The number of alkyl halides is 1. The molecule has 2 aromatic carbocycles. The van der Waals surface area contributed by atoms with Crippen LogP contribution in [-0.4, -0.2) is 11.3 Å². The molecule has 0 aliphatic rings. The molecule has 2 rings (SSSR count). The smallest absolute Gasteiger partial charge is 0.242 e. The molecular weight excluding hydrogens is 274 g/mol. The van der Waals surface area contributed by atoms with Gasteiger partial charge in [-0.3, -0.25) is 4.79 Å². The van der Waals surface area contributed by atoms with Crippen LogP contribution in [0.1, 0.15) is 12.5 Å². The van der Waals surface area contributed by atoms with E-state index in [4.69, 9.17) is 16.3 Å². The van der Waals surface area contributed by atoms with Crippen LogP contribution < -0.4 is 10.1 Å². The van der Waals surface area contributed by atoms with E-state index in [0.717, 1.165) is 5.56 Å². The molecule has 1 unspecified atom stereocenters. The summed E-state index contributed by atoms with van der Waals surface area (Å²) >= 11 is 5.72. The third-order valence-electron chi connectivity index (χ3n) is 2.71. The first-order valence-electron chi connectivity index (χ1n) is 6.37. The Morgan fingerprint density at radius 1 is 1.20 bits per heavy atom. The third kappa shape index (κ3) is 4.28. The highest BCUT2D eigenvalue weighted by atomic mass is 35.5. The van der Waals surface area contributed by atoms with Gasteiger partial charge in [0.15, 0.2) is 0 Å². The van der Waals surface area contributed by atoms with E-state index in [1.165, 1.54) is 0 Å². The lowest BCUT2D eigenvalue weighted by Crippen LogP contribution is -2.20. The van der Waals surface area contributed by atoms with Crippen molar-refractivity contribution in [1.82, 2.24) is 0 Å². The van der Waals surface area contributed by atoms with Gasteiger partial charge in [0.25, 0.3) is 0 Å². The molecule has 2 aromatic rings. The molecule has 0 radical (unpaired) electrons. The highest BCUT2D eigenvalue weighted by Crippen LogP contribution is 2.19. The zero-order valence-corrected chi connectivity index (χ0v) is 11.9. The van der Waals surface area contributed by atoms with Crippen molar-refractivity contribution in [3.05, 3.63) is 60.2 Å². The molecule has 0 heterocycles. The van der Waals surface area contributed by atoms with Crippen molar-refractivity contribution < 1.29 is 9.53 Å². The molecule has 1 atom stereocenters. The number of carbonyl (C=O) groups excluding carboxylic acids is 1. The SMILES string of the molecule is CC(Cl)C(=O)Nc1cccc(OCc2ccccc2)c1. The molecule has 0 aromatic heterocycles. The van der Waals surface area contributed by atoms with Crippen LogP contribution in [0.4, 0.5) is 5.69 Å². The van der Waals surface area contributed by atoms with Gasteiger partial charge < -0.3 is 10.1 Å². The van der Waals surface area contributed by atoms with Crippen LogP contribution in [-0.2, 0) is 11.4 Å². The molecule has 0 spiro atoms. The summed E-state index contributed by atoms with van der Waals surface area (Å²) in [6.07, 6.45) is 0. The first-order valence-corrected chi connectivity index (χ1v) is 6.80. The van der Waals surface area contributed by atoms with E-state index in [1.807, 2.05) is 42.5 Å². The number of carbonyl (C=O) groups is 1. The summed E-state index contributed by atoms with van der Waals surface area (Å²) in [4.78, 5) is 11.5. The lowest BCUT2D eigenvalue weighted by Gasteiger charge is -2.10. The zero-order chi connectivity index (χ0) is 14.4. The van der Waals surface area contributed by atoms with Crippen LogP contribution >= 0.6 is 11.6 Å². The van der Waals surface area contributed by atoms with Gasteiger partial charge in [0.1, 0.15) is 17.7 Å². The van der Waals surface area contributed by atoms with Crippen molar-refractivity contribution in [3.8, 4) is 5.75 Å². The number of hydrogen-bond acceptors (Lipinski definition) is 2. The number of ether oxygens (including phenoxy) is 1. The lowest BCUT2D eigenvalue weighted by molar-refractivity contribution is -0.115. The fourth-order valence-corrected chi connectivity index (χ4v) is 1.70. The fourth-order valence-electron chi connectivity index (χ4n) is 1.65. The van der Waals surface area contributed by atoms with E-state index in [2.05, 4.69) is 5.32 Å². The van der Waals surface area contributed by atoms with Gasteiger partial charge in [0, 0.05) is 11.8 Å². The van der Waals surface area contributed by atoms with Gasteiger partial charge in [0.05, 0.1) is 0 Å². The predicted molar refractivity (Wildman–Crippen MR) is 81.2 cm³/mol. The predicted octanol–water partition coefficient (Wildman–Crippen LogP) is 3.83. The van der Waals surface area contributed by atoms with Crippen molar-refractivity contribution in [1.29, 1.82) is 0 Å². The largest absolute Gasteiger partial charge is 0.489 e. The number of rotatable bonds is 5. The van der Waals surface area contributed by atoms with Crippen LogP contribution in [0.2, 0.25) is 0 Å². The highest BCUT2D eigenvalue weighted by molar-refractivity contribution is 6.32. The van der Waals surface area contributed by atoms with Gasteiger partial charge >= 0.3 is 0 Å². The van der Waals surface area contributed by atoms with E-state index in [9.17, 15) is 4.79 Å². The Morgan fingerprint density at radius 3 is 2.65 bits per heavy atom. The van der Waals surface area contributed by atoms with Gasteiger partial charge in [-0.05, 0) is 24.6 Å². The monoisotopic (exact) mass is 289 g/mol. The number of anilines is 1. The molecular formula is C16H16ClNO2. The maximum Gasteiger partial charge on any atom is 0.242 e. The van der Waals surface area contributed by atoms with Gasteiger partial charge in [-0.25, -0.2) is 0 Å². The molecule has 4 heteroatoms. The summed E-state index contributed by atoms with van der Waals surface area (Å²) in [5, 5.41) is 2.16. The summed E-state index contributed by atoms with van der Waals surface area (Å²) < 4.78 is 5.69. The Balaban J connectivity index is 1.97. The van der Waals surface area contributed by atoms with Crippen LogP contribution in [0, 0.1) is 0 Å². The maximum atomic E-state index is 11.5. The van der Waals surface area contributed by atoms with Gasteiger partial charge in [-0.1, -0.05) is 36.4 Å². The number of halogens is 1. The van der Waals surface area contributed by atoms with E-state index in [0.29, 0.717) is 18.0 Å². The Hall–Kier alpha value is -2.00. The van der Waals surface area contributed by atoms with Gasteiger partial charge in [-0.2, -0.15) is 0 Å². The highest BCUT2D eigenvalue weighted by Gasteiger charge is 2.09. The zero-order valence-electron chi connectivity index (χ0n) is 11.2. The summed E-state index contributed by atoms with van der Waals surface area (Å²) in [5.74, 6) is 0.473. The Labute approximate surface area is 123 Å². The molecule has 0 aliphatic carbocycles. The summed E-state index contributed by atoms with van der Waals surface area (Å²) in [6.45, 7) is 2.12. The molecule has 104 valence electrons. The van der Waals surface area contributed by atoms with E-state index in [1.54, 1.807) is 19.1 Å². The topological polar surface area (TPSA) is 38.3 Å². The molecule has 0 saturated carbocycles. The Bertz CT molecular complexity index is 570. The second-order valence-corrected chi connectivity index (χ2v) is 5.06. The Kier molecular flexibility index (Phi) is 5.02. The van der Waals surface area contributed by atoms with Crippen LogP contribution in [0.25, 0.3) is 0 Å². The van der Waals surface area contributed by atoms with Gasteiger partial charge in [0.2, 0.25) is 5.91 Å². The summed E-state index contributed by atoms with van der Waals surface area (Å²) in [7, 11) is 0. The van der Waals surface area contributed by atoms with Gasteiger partial charge in [-0.15, -0.1) is 11.6 Å². The molecule has 0 aliphatic heterocycles. The van der Waals surface area contributed by atoms with E-state index >= 15 is 0 Å². The average Bonchev–Trinajstić information content (AvgIpc) is 2.46. The van der Waals surface area contributed by atoms with Crippen molar-refractivity contribution >= 4 is 23.2 Å². The summed E-state index contributed by atoms with van der Waals surface area (Å²) in [5.41, 5.74) is 1.77. The fraction of sp³-hybridized carbons (Fsp3) is 0.188. The molecule has 0 fully saturated rings. The first kappa shape index (κ1) is 14.4. The third-order valence-corrected chi connectivity index (χ3v) is 2.91. The molecule has 1 N–H and O–H groups in total. The standard InChI is InChI=1S/C16H16ClNO2/c1-12(17)16(19)18-14-8-5-9-15(10-14)20-11-13-6-3-2-4-7-13/h2-10,12H,11H2,1H3,(H,18,19). The summed E-state index contributed by atoms with van der Waals surface area (Å²) in [6, 6.07) is 17.2. The van der Waals surface area contributed by atoms with Crippen LogP contribution in [0.15, 0.2) is 54.6 Å². The second-order valence-electron chi connectivity index (χ2n) is 4.41. The average molecular weight is 290 g/mol. The molecule has 0 bridgehead atoms. The Morgan fingerprint density at radius 2 is 1.95 bits per heavy atom. The van der Waals surface area contributed by atoms with Crippen molar-refractivity contribution in [2.45, 2.75) is 18.9 Å². The second kappa shape index (κ2) is 6.96. The van der Waals surface area contributed by atoms with Crippen LogP contribution in [0.3, 0.4) is 0 Å². The quantitative estimate of drug-likeness (QED) is 0.850. The maximum absolute atomic E-state index is 11.5. The number of hydrogen-bond donors (Lipinski definition) is 1. The number of nitrogens with one attached hydrogen (secondary N) is 1. The van der Waals surface area contributed by atoms with Crippen molar-refractivity contribution in [2.24, 2.45) is 0 Å². The molecule has 0 saturated heterocycles. The minimum Gasteiger partial charge on any atom is -0.489 e. The van der Waals surface area contributed by atoms with Crippen molar-refractivity contribution in [3.63, 3.8) is 0 Å². The lowest BCUT2D eigenvalue weighted by atomic mass is 10.2. The molecule has 20 heavy (non-hydrogen) atoms.